The zero-order chi connectivity index (χ0) is 22.8. The number of hydrogen-bond acceptors (Lipinski definition) is 3. The lowest BCUT2D eigenvalue weighted by Crippen LogP contribution is -2.52. The van der Waals surface area contributed by atoms with E-state index in [1.165, 1.54) is 24.8 Å². The van der Waals surface area contributed by atoms with Crippen molar-refractivity contribution in [3.05, 3.63) is 71.3 Å². The van der Waals surface area contributed by atoms with Crippen molar-refractivity contribution in [2.24, 2.45) is 0 Å². The van der Waals surface area contributed by atoms with Crippen molar-refractivity contribution in [3.63, 3.8) is 0 Å². The summed E-state index contributed by atoms with van der Waals surface area (Å²) in [5.41, 5.74) is 3.44. The number of nitrogens with zero attached hydrogens (tertiary/aromatic N) is 1. The van der Waals surface area contributed by atoms with Crippen LogP contribution >= 0.6 is 11.8 Å². The second kappa shape index (κ2) is 12.7. The fourth-order valence-corrected chi connectivity index (χ4v) is 5.22. The fourth-order valence-electron chi connectivity index (χ4n) is 4.35. The van der Waals surface area contributed by atoms with E-state index in [1.807, 2.05) is 37.3 Å². The van der Waals surface area contributed by atoms with E-state index in [0.717, 1.165) is 29.7 Å². The van der Waals surface area contributed by atoms with E-state index in [1.54, 1.807) is 16.7 Å². The molecule has 0 heterocycles. The van der Waals surface area contributed by atoms with E-state index in [9.17, 15) is 9.59 Å². The molecule has 2 aromatic rings. The van der Waals surface area contributed by atoms with Crippen LogP contribution in [0.5, 0.6) is 0 Å². The maximum Gasteiger partial charge on any atom is 0.243 e. The van der Waals surface area contributed by atoms with Gasteiger partial charge in [0, 0.05) is 18.3 Å². The standard InChI is InChI=1S/C27H36N2O2S/c1-3-25(27(31)28-24-16-8-5-9-17-24)29(18-23-15-11-10-12-21(23)2)26(30)20-32-19-22-13-6-4-7-14-22/h4,6-7,10-15,24-25H,3,5,8-9,16-20H2,1-2H3,(H,28,31). The molecule has 1 saturated carbocycles. The second-order valence-corrected chi connectivity index (χ2v) is 9.68. The molecule has 0 aliphatic heterocycles. The van der Waals surface area contributed by atoms with Crippen LogP contribution in [0.1, 0.15) is 62.1 Å². The fraction of sp³-hybridized carbons (Fsp3) is 0.481. The van der Waals surface area contributed by atoms with Gasteiger partial charge in [-0.1, -0.05) is 80.8 Å². The normalized spacial score (nSPS) is 15.2. The zero-order valence-electron chi connectivity index (χ0n) is 19.4. The molecular formula is C27H36N2O2S. The summed E-state index contributed by atoms with van der Waals surface area (Å²) < 4.78 is 0. The number of benzene rings is 2. The molecule has 1 N–H and O–H groups in total. The topological polar surface area (TPSA) is 49.4 Å². The summed E-state index contributed by atoms with van der Waals surface area (Å²) in [6, 6.07) is 18.1. The molecule has 1 atom stereocenters. The maximum absolute atomic E-state index is 13.4. The van der Waals surface area contributed by atoms with Gasteiger partial charge in [-0.2, -0.15) is 0 Å². The number of thioether (sulfide) groups is 1. The van der Waals surface area contributed by atoms with Gasteiger partial charge in [-0.05, 0) is 42.9 Å². The van der Waals surface area contributed by atoms with E-state index in [4.69, 9.17) is 0 Å². The Morgan fingerprint density at radius 3 is 2.41 bits per heavy atom. The molecular weight excluding hydrogens is 416 g/mol. The van der Waals surface area contributed by atoms with Crippen LogP contribution in [0.25, 0.3) is 0 Å². The van der Waals surface area contributed by atoms with Gasteiger partial charge in [0.05, 0.1) is 5.75 Å². The van der Waals surface area contributed by atoms with Crippen LogP contribution in [0.4, 0.5) is 0 Å². The van der Waals surface area contributed by atoms with Crippen molar-refractivity contribution in [1.82, 2.24) is 10.2 Å². The van der Waals surface area contributed by atoms with Crippen LogP contribution in [0.3, 0.4) is 0 Å². The van der Waals surface area contributed by atoms with Crippen LogP contribution in [0.15, 0.2) is 54.6 Å². The highest BCUT2D eigenvalue weighted by Crippen LogP contribution is 2.21. The summed E-state index contributed by atoms with van der Waals surface area (Å²) in [6.45, 7) is 4.53. The molecule has 1 aliphatic rings. The third kappa shape index (κ3) is 7.13. The number of aryl methyl sites for hydroxylation is 1. The predicted octanol–water partition coefficient (Wildman–Crippen LogP) is 5.48. The summed E-state index contributed by atoms with van der Waals surface area (Å²) in [5, 5.41) is 3.25. The van der Waals surface area contributed by atoms with E-state index >= 15 is 0 Å². The van der Waals surface area contributed by atoms with Gasteiger partial charge >= 0.3 is 0 Å². The van der Waals surface area contributed by atoms with Crippen molar-refractivity contribution in [2.75, 3.05) is 5.75 Å². The molecule has 172 valence electrons. The lowest BCUT2D eigenvalue weighted by molar-refractivity contribution is -0.139. The molecule has 0 aromatic heterocycles. The largest absolute Gasteiger partial charge is 0.352 e. The van der Waals surface area contributed by atoms with Crippen LogP contribution < -0.4 is 5.32 Å². The lowest BCUT2D eigenvalue weighted by atomic mass is 9.95. The zero-order valence-corrected chi connectivity index (χ0v) is 20.2. The number of rotatable bonds is 10. The van der Waals surface area contributed by atoms with E-state index in [0.29, 0.717) is 18.7 Å². The highest BCUT2D eigenvalue weighted by Gasteiger charge is 2.30. The first-order valence-corrected chi connectivity index (χ1v) is 13.0. The molecule has 2 aromatic carbocycles. The third-order valence-corrected chi connectivity index (χ3v) is 7.27. The van der Waals surface area contributed by atoms with Crippen LogP contribution in [0.2, 0.25) is 0 Å². The number of carbonyl (C=O) groups is 2. The summed E-state index contributed by atoms with van der Waals surface area (Å²) in [7, 11) is 0. The molecule has 3 rings (SSSR count). The summed E-state index contributed by atoms with van der Waals surface area (Å²) in [4.78, 5) is 28.4. The van der Waals surface area contributed by atoms with Crippen molar-refractivity contribution in [2.45, 2.75) is 76.8 Å². The Morgan fingerprint density at radius 1 is 1.03 bits per heavy atom. The van der Waals surface area contributed by atoms with Crippen molar-refractivity contribution in [3.8, 4) is 0 Å². The van der Waals surface area contributed by atoms with E-state index in [-0.39, 0.29) is 17.9 Å². The number of nitrogens with one attached hydrogen (secondary N) is 1. The second-order valence-electron chi connectivity index (χ2n) is 8.69. The predicted molar refractivity (Wildman–Crippen MR) is 133 cm³/mol. The quantitative estimate of drug-likeness (QED) is 0.519. The van der Waals surface area contributed by atoms with Gasteiger partial charge in [0.2, 0.25) is 11.8 Å². The number of amides is 2. The minimum absolute atomic E-state index is 0.00519. The number of hydrogen-bond donors (Lipinski definition) is 1. The summed E-state index contributed by atoms with van der Waals surface area (Å²) in [5.74, 6) is 1.18. The lowest BCUT2D eigenvalue weighted by Gasteiger charge is -2.33. The maximum atomic E-state index is 13.4. The molecule has 1 fully saturated rings. The Balaban J connectivity index is 1.71. The third-order valence-electron chi connectivity index (χ3n) is 6.28. The minimum atomic E-state index is -0.443. The SMILES string of the molecule is CCC(C(=O)NC1CCCCC1)N(Cc1ccccc1C)C(=O)CSCc1ccccc1. The van der Waals surface area contributed by atoms with Crippen molar-refractivity contribution in [1.29, 1.82) is 0 Å². The minimum Gasteiger partial charge on any atom is -0.352 e. The molecule has 5 heteroatoms. The molecule has 0 spiro atoms. The Kier molecular flexibility index (Phi) is 9.66. The highest BCUT2D eigenvalue weighted by molar-refractivity contribution is 7.99. The van der Waals surface area contributed by atoms with Gasteiger partial charge in [-0.25, -0.2) is 0 Å². The first kappa shape index (κ1) is 24.4. The average molecular weight is 453 g/mol. The molecule has 1 unspecified atom stereocenters. The van der Waals surface area contributed by atoms with E-state index in [2.05, 4.69) is 36.5 Å². The smallest absolute Gasteiger partial charge is 0.243 e. The van der Waals surface area contributed by atoms with Gasteiger partial charge in [0.25, 0.3) is 0 Å². The molecule has 4 nitrogen and oxygen atoms in total. The van der Waals surface area contributed by atoms with E-state index < -0.39 is 6.04 Å². The Labute approximate surface area is 197 Å². The average Bonchev–Trinajstić information content (AvgIpc) is 2.81. The molecule has 0 saturated heterocycles. The van der Waals surface area contributed by atoms with Gasteiger partial charge < -0.3 is 10.2 Å². The van der Waals surface area contributed by atoms with Crippen molar-refractivity contribution >= 4 is 23.6 Å². The Bertz CT molecular complexity index is 865. The summed E-state index contributed by atoms with van der Waals surface area (Å²) >= 11 is 1.61. The first-order valence-electron chi connectivity index (χ1n) is 11.8. The Hall–Kier alpha value is -2.27. The number of carbonyl (C=O) groups excluding carboxylic acids is 2. The highest BCUT2D eigenvalue weighted by atomic mass is 32.2. The Morgan fingerprint density at radius 2 is 1.72 bits per heavy atom. The molecule has 2 amide bonds. The molecule has 0 radical (unpaired) electrons. The monoisotopic (exact) mass is 452 g/mol. The van der Waals surface area contributed by atoms with Crippen LogP contribution in [0, 0.1) is 6.92 Å². The van der Waals surface area contributed by atoms with Crippen molar-refractivity contribution < 1.29 is 9.59 Å². The first-order chi connectivity index (χ1) is 15.6. The molecule has 0 bridgehead atoms. The van der Waals surface area contributed by atoms with Gasteiger partial charge in [-0.15, -0.1) is 11.8 Å². The van der Waals surface area contributed by atoms with Crippen LogP contribution in [-0.4, -0.2) is 34.6 Å². The summed E-state index contributed by atoms with van der Waals surface area (Å²) in [6.07, 6.45) is 6.29. The van der Waals surface area contributed by atoms with Gasteiger partial charge in [0.15, 0.2) is 0 Å². The van der Waals surface area contributed by atoms with Gasteiger partial charge in [0.1, 0.15) is 6.04 Å². The van der Waals surface area contributed by atoms with Crippen LogP contribution in [-0.2, 0) is 21.9 Å². The molecule has 32 heavy (non-hydrogen) atoms. The molecule has 1 aliphatic carbocycles. The van der Waals surface area contributed by atoms with Gasteiger partial charge in [-0.3, -0.25) is 9.59 Å².